The Kier molecular flexibility index (Phi) is 4.63. The first-order valence-corrected chi connectivity index (χ1v) is 5.34. The fourth-order valence-electron chi connectivity index (χ4n) is 1.75. The third-order valence-electron chi connectivity index (χ3n) is 2.71. The number of rotatable bonds is 1. The summed E-state index contributed by atoms with van der Waals surface area (Å²) in [6.45, 7) is 2.18. The third kappa shape index (κ3) is 2.77. The van der Waals surface area contributed by atoms with Gasteiger partial charge in [0.15, 0.2) is 5.75 Å². The van der Waals surface area contributed by atoms with Gasteiger partial charge in [-0.05, 0) is 12.1 Å². The zero-order chi connectivity index (χ0) is 12.4. The van der Waals surface area contributed by atoms with Crippen LogP contribution in [-0.2, 0) is 4.74 Å². The van der Waals surface area contributed by atoms with Gasteiger partial charge >= 0.3 is 0 Å². The minimum atomic E-state index is -0.177. The largest absolute Gasteiger partial charge is 0.504 e. The van der Waals surface area contributed by atoms with E-state index >= 15 is 0 Å². The number of halogens is 1. The number of hydrogen-bond acceptors (Lipinski definition) is 5. The maximum atomic E-state index is 12.1. The van der Waals surface area contributed by atoms with Crippen LogP contribution in [0.1, 0.15) is 10.4 Å². The fraction of sp³-hybridized carbons (Fsp3) is 0.364. The molecule has 0 aromatic heterocycles. The average molecular weight is 274 g/mol. The number of phenols is 1. The number of phenolic OH excluding ortho intramolecular Hbond substituents is 1. The highest BCUT2D eigenvalue weighted by Gasteiger charge is 2.20. The molecule has 100 valence electrons. The number of ether oxygens (including phenoxy) is 1. The van der Waals surface area contributed by atoms with Crippen molar-refractivity contribution in [2.75, 3.05) is 37.8 Å². The van der Waals surface area contributed by atoms with Crippen molar-refractivity contribution in [1.82, 2.24) is 4.90 Å². The van der Waals surface area contributed by atoms with Gasteiger partial charge in [-0.3, -0.25) is 4.79 Å². The predicted octanol–water partition coefficient (Wildman–Crippen LogP) is 0.451. The quantitative estimate of drug-likeness (QED) is 0.509. The summed E-state index contributed by atoms with van der Waals surface area (Å²) in [5, 5.41) is 9.43. The Hall–Kier alpha value is -1.66. The maximum absolute atomic E-state index is 12.1. The van der Waals surface area contributed by atoms with Crippen LogP contribution in [0.15, 0.2) is 12.1 Å². The zero-order valence-electron chi connectivity index (χ0n) is 9.76. The van der Waals surface area contributed by atoms with Crippen LogP contribution in [-0.4, -0.2) is 42.2 Å². The minimum absolute atomic E-state index is 0. The summed E-state index contributed by atoms with van der Waals surface area (Å²) >= 11 is 0. The van der Waals surface area contributed by atoms with E-state index in [1.165, 1.54) is 12.1 Å². The van der Waals surface area contributed by atoms with Crippen molar-refractivity contribution in [2.45, 2.75) is 0 Å². The molecule has 18 heavy (non-hydrogen) atoms. The molecule has 5 N–H and O–H groups in total. The summed E-state index contributed by atoms with van der Waals surface area (Å²) in [7, 11) is 0. The molecule has 0 atom stereocenters. The van der Waals surface area contributed by atoms with E-state index in [1.54, 1.807) is 4.90 Å². The number of hydrogen-bond donors (Lipinski definition) is 3. The van der Waals surface area contributed by atoms with Crippen molar-refractivity contribution < 1.29 is 14.6 Å². The zero-order valence-corrected chi connectivity index (χ0v) is 10.6. The molecule has 1 amide bonds. The van der Waals surface area contributed by atoms with Crippen molar-refractivity contribution in [3.63, 3.8) is 0 Å². The van der Waals surface area contributed by atoms with Gasteiger partial charge < -0.3 is 26.2 Å². The number of carbonyl (C=O) groups excluding carboxylic acids is 1. The lowest BCUT2D eigenvalue weighted by Crippen LogP contribution is -2.40. The Morgan fingerprint density at radius 1 is 1.22 bits per heavy atom. The number of anilines is 2. The fourth-order valence-corrected chi connectivity index (χ4v) is 1.75. The summed E-state index contributed by atoms with van der Waals surface area (Å²) in [4.78, 5) is 13.8. The topological polar surface area (TPSA) is 102 Å². The van der Waals surface area contributed by atoms with E-state index in [2.05, 4.69) is 0 Å². The van der Waals surface area contributed by atoms with E-state index in [-0.39, 0.29) is 35.4 Å². The molecule has 1 aliphatic rings. The number of amides is 1. The molecular formula is C11H16ClN3O3. The second-order valence-electron chi connectivity index (χ2n) is 3.91. The smallest absolute Gasteiger partial charge is 0.254 e. The number of morpholine rings is 1. The Morgan fingerprint density at radius 2 is 1.72 bits per heavy atom. The summed E-state index contributed by atoms with van der Waals surface area (Å²) in [5.41, 5.74) is 11.7. The maximum Gasteiger partial charge on any atom is 0.254 e. The molecule has 1 fully saturated rings. The van der Waals surface area contributed by atoms with Crippen molar-refractivity contribution in [1.29, 1.82) is 0 Å². The summed E-state index contributed by atoms with van der Waals surface area (Å²) in [6.07, 6.45) is 0. The highest BCUT2D eigenvalue weighted by molar-refractivity contribution is 5.97. The summed E-state index contributed by atoms with van der Waals surface area (Å²) < 4.78 is 5.17. The molecule has 0 saturated carbocycles. The lowest BCUT2D eigenvalue weighted by Gasteiger charge is -2.27. The van der Waals surface area contributed by atoms with E-state index in [4.69, 9.17) is 16.2 Å². The monoisotopic (exact) mass is 273 g/mol. The van der Waals surface area contributed by atoms with Crippen LogP contribution in [0.5, 0.6) is 5.75 Å². The van der Waals surface area contributed by atoms with Crippen LogP contribution in [0.2, 0.25) is 0 Å². The van der Waals surface area contributed by atoms with Gasteiger partial charge in [0.2, 0.25) is 0 Å². The summed E-state index contributed by atoms with van der Waals surface area (Å²) in [6, 6.07) is 2.87. The van der Waals surface area contributed by atoms with Gasteiger partial charge in [0.1, 0.15) is 0 Å². The van der Waals surface area contributed by atoms with Crippen LogP contribution < -0.4 is 11.5 Å². The third-order valence-corrected chi connectivity index (χ3v) is 2.71. The molecule has 0 bridgehead atoms. The van der Waals surface area contributed by atoms with Crippen LogP contribution in [0.3, 0.4) is 0 Å². The number of nitrogens with zero attached hydrogens (tertiary/aromatic N) is 1. The van der Waals surface area contributed by atoms with Gasteiger partial charge in [0, 0.05) is 18.7 Å². The molecule has 0 spiro atoms. The van der Waals surface area contributed by atoms with E-state index in [0.29, 0.717) is 31.9 Å². The second kappa shape index (κ2) is 5.79. The van der Waals surface area contributed by atoms with Crippen molar-refractivity contribution >= 4 is 29.7 Å². The Bertz CT molecular complexity index is 424. The van der Waals surface area contributed by atoms with Crippen LogP contribution in [0.4, 0.5) is 11.4 Å². The van der Waals surface area contributed by atoms with E-state index in [1.807, 2.05) is 0 Å². The second-order valence-corrected chi connectivity index (χ2v) is 3.91. The molecule has 1 saturated heterocycles. The molecule has 0 radical (unpaired) electrons. The van der Waals surface area contributed by atoms with Gasteiger partial charge in [-0.15, -0.1) is 12.4 Å². The predicted molar refractivity (Wildman–Crippen MR) is 70.9 cm³/mol. The Morgan fingerprint density at radius 3 is 2.22 bits per heavy atom. The number of aromatic hydroxyl groups is 1. The Balaban J connectivity index is 0.00000162. The highest BCUT2D eigenvalue weighted by atomic mass is 35.5. The molecule has 0 unspecified atom stereocenters. The van der Waals surface area contributed by atoms with E-state index in [0.717, 1.165) is 0 Å². The van der Waals surface area contributed by atoms with Gasteiger partial charge in [-0.1, -0.05) is 0 Å². The highest BCUT2D eigenvalue weighted by Crippen LogP contribution is 2.29. The summed E-state index contributed by atoms with van der Waals surface area (Å²) in [5.74, 6) is -0.324. The van der Waals surface area contributed by atoms with Gasteiger partial charge in [-0.2, -0.15) is 0 Å². The molecule has 1 aliphatic heterocycles. The van der Waals surface area contributed by atoms with Crippen molar-refractivity contribution in [3.05, 3.63) is 17.7 Å². The average Bonchev–Trinajstić information content (AvgIpc) is 2.35. The van der Waals surface area contributed by atoms with Crippen molar-refractivity contribution in [2.24, 2.45) is 0 Å². The number of carbonyl (C=O) groups is 1. The van der Waals surface area contributed by atoms with Gasteiger partial charge in [0.05, 0.1) is 24.6 Å². The standard InChI is InChI=1S/C11H15N3O3.ClH/c12-8-5-7(6-9(13)10(8)15)11(16)14-1-3-17-4-2-14;/h5-6,15H,1-4,12-13H2;1H. The number of nitrogens with two attached hydrogens (primary N) is 2. The van der Waals surface area contributed by atoms with Crippen LogP contribution in [0.25, 0.3) is 0 Å². The first-order valence-electron chi connectivity index (χ1n) is 5.34. The minimum Gasteiger partial charge on any atom is -0.504 e. The van der Waals surface area contributed by atoms with Crippen LogP contribution in [0, 0.1) is 0 Å². The Labute approximate surface area is 111 Å². The van der Waals surface area contributed by atoms with E-state index in [9.17, 15) is 9.90 Å². The molecule has 1 aromatic rings. The normalized spacial score (nSPS) is 15.0. The van der Waals surface area contributed by atoms with Crippen LogP contribution >= 0.6 is 12.4 Å². The SMILES string of the molecule is Cl.Nc1cc(C(=O)N2CCOCC2)cc(N)c1O. The molecule has 0 aliphatic carbocycles. The number of nitrogen functional groups attached to an aromatic ring is 2. The lowest BCUT2D eigenvalue weighted by molar-refractivity contribution is 0.0303. The van der Waals surface area contributed by atoms with Gasteiger partial charge in [-0.25, -0.2) is 0 Å². The van der Waals surface area contributed by atoms with Gasteiger partial charge in [0.25, 0.3) is 5.91 Å². The lowest BCUT2D eigenvalue weighted by atomic mass is 10.1. The molecule has 1 aromatic carbocycles. The molecule has 7 heteroatoms. The first-order chi connectivity index (χ1) is 8.09. The molecule has 6 nitrogen and oxygen atoms in total. The first kappa shape index (κ1) is 14.4. The van der Waals surface area contributed by atoms with Crippen molar-refractivity contribution in [3.8, 4) is 5.75 Å². The molecule has 1 heterocycles. The molecular weight excluding hydrogens is 258 g/mol. The number of benzene rings is 1. The molecule has 2 rings (SSSR count). The van der Waals surface area contributed by atoms with E-state index < -0.39 is 0 Å².